The Labute approximate surface area is 123 Å². The van der Waals surface area contributed by atoms with Crippen LogP contribution in [0, 0.1) is 5.41 Å². The molecule has 6 heteroatoms. The maximum atomic E-state index is 13.5. The van der Waals surface area contributed by atoms with E-state index in [1.165, 1.54) is 0 Å². The Bertz CT molecular complexity index is 572. The minimum absolute atomic E-state index is 0.147. The number of ketones is 1. The van der Waals surface area contributed by atoms with E-state index in [0.29, 0.717) is 10.0 Å². The second kappa shape index (κ2) is 5.24. The molecular formula is C14H13BrF2O3. The lowest BCUT2D eigenvalue weighted by Gasteiger charge is -2.25. The van der Waals surface area contributed by atoms with Crippen LogP contribution < -0.4 is 0 Å². The van der Waals surface area contributed by atoms with Crippen LogP contribution in [0.5, 0.6) is 0 Å². The topological polar surface area (TPSA) is 43.4 Å². The zero-order valence-electron chi connectivity index (χ0n) is 11.0. The Morgan fingerprint density at radius 3 is 2.55 bits per heavy atom. The fraction of sp³-hybridized carbons (Fsp3) is 0.429. The van der Waals surface area contributed by atoms with Gasteiger partial charge < -0.3 is 4.74 Å². The van der Waals surface area contributed by atoms with Gasteiger partial charge in [0.2, 0.25) is 0 Å². The molecular weight excluding hydrogens is 334 g/mol. The normalized spacial score (nSPS) is 21.4. The van der Waals surface area contributed by atoms with Crippen molar-refractivity contribution in [3.05, 3.63) is 33.8 Å². The molecule has 1 aromatic carbocycles. The first-order valence-electron chi connectivity index (χ1n) is 6.12. The van der Waals surface area contributed by atoms with Crippen molar-refractivity contribution < 1.29 is 23.1 Å². The van der Waals surface area contributed by atoms with E-state index in [4.69, 9.17) is 4.74 Å². The third-order valence-corrected chi connectivity index (χ3v) is 3.94. The van der Waals surface area contributed by atoms with Gasteiger partial charge in [-0.1, -0.05) is 28.1 Å². The van der Waals surface area contributed by atoms with Crippen molar-refractivity contribution in [3.8, 4) is 0 Å². The first kappa shape index (κ1) is 15.1. The molecule has 1 unspecified atom stereocenters. The molecule has 0 aromatic heterocycles. The molecule has 1 aliphatic rings. The molecule has 0 spiro atoms. The number of fused-ring (bicyclic) bond motifs is 1. The first-order valence-corrected chi connectivity index (χ1v) is 6.91. The minimum atomic E-state index is -3.11. The van der Waals surface area contributed by atoms with Gasteiger partial charge in [0.1, 0.15) is 0 Å². The standard InChI is InChI=1S/C14H13BrF2O3/c1-7(2)20-13(19)14(12(16)17)6-8-4-3-5-9(15)10(8)11(14)18/h3-5,7,12H,6H2,1-2H3. The number of carbonyl (C=O) groups is 2. The van der Waals surface area contributed by atoms with Gasteiger partial charge in [0.25, 0.3) is 6.43 Å². The fourth-order valence-electron chi connectivity index (χ4n) is 2.32. The molecule has 0 bridgehead atoms. The van der Waals surface area contributed by atoms with E-state index in [-0.39, 0.29) is 12.0 Å². The van der Waals surface area contributed by atoms with Crippen molar-refractivity contribution in [2.45, 2.75) is 32.8 Å². The van der Waals surface area contributed by atoms with Crippen LogP contribution >= 0.6 is 15.9 Å². The van der Waals surface area contributed by atoms with Crippen molar-refractivity contribution in [3.63, 3.8) is 0 Å². The number of hydrogen-bond donors (Lipinski definition) is 0. The lowest BCUT2D eigenvalue weighted by atomic mass is 9.84. The van der Waals surface area contributed by atoms with Gasteiger partial charge in [0.15, 0.2) is 11.2 Å². The zero-order chi connectivity index (χ0) is 15.1. The first-order chi connectivity index (χ1) is 9.30. The van der Waals surface area contributed by atoms with Crippen LogP contribution in [-0.2, 0) is 16.0 Å². The molecule has 0 aliphatic heterocycles. The smallest absolute Gasteiger partial charge is 0.326 e. The van der Waals surface area contributed by atoms with E-state index in [2.05, 4.69) is 15.9 Å². The van der Waals surface area contributed by atoms with Gasteiger partial charge in [-0.05, 0) is 25.5 Å². The third kappa shape index (κ3) is 2.16. The monoisotopic (exact) mass is 346 g/mol. The van der Waals surface area contributed by atoms with E-state index in [0.717, 1.165) is 0 Å². The van der Waals surface area contributed by atoms with Gasteiger partial charge >= 0.3 is 5.97 Å². The van der Waals surface area contributed by atoms with Gasteiger partial charge in [-0.3, -0.25) is 9.59 Å². The Morgan fingerprint density at radius 2 is 2.05 bits per heavy atom. The van der Waals surface area contributed by atoms with Gasteiger partial charge in [0.05, 0.1) is 6.10 Å². The largest absolute Gasteiger partial charge is 0.462 e. The van der Waals surface area contributed by atoms with Crippen molar-refractivity contribution >= 4 is 27.7 Å². The molecule has 0 radical (unpaired) electrons. The molecule has 0 N–H and O–H groups in total. The zero-order valence-corrected chi connectivity index (χ0v) is 12.5. The van der Waals surface area contributed by atoms with E-state index < -0.39 is 29.7 Å². The van der Waals surface area contributed by atoms with Crippen molar-refractivity contribution in [1.29, 1.82) is 0 Å². The van der Waals surface area contributed by atoms with E-state index in [1.807, 2.05) is 0 Å². The summed E-state index contributed by atoms with van der Waals surface area (Å²) in [6.07, 6.45) is -4.00. The summed E-state index contributed by atoms with van der Waals surface area (Å²) in [6, 6.07) is 4.81. The fourth-order valence-corrected chi connectivity index (χ4v) is 2.91. The Kier molecular flexibility index (Phi) is 3.95. The maximum Gasteiger partial charge on any atom is 0.326 e. The summed E-state index contributed by atoms with van der Waals surface area (Å²) in [7, 11) is 0. The molecule has 108 valence electrons. The second-order valence-electron chi connectivity index (χ2n) is 5.01. The van der Waals surface area contributed by atoms with Crippen LogP contribution in [0.25, 0.3) is 0 Å². The van der Waals surface area contributed by atoms with Crippen molar-refractivity contribution in [2.75, 3.05) is 0 Å². The Balaban J connectivity index is 2.51. The molecule has 0 saturated heterocycles. The molecule has 0 saturated carbocycles. The average Bonchev–Trinajstić information content (AvgIpc) is 2.64. The number of ether oxygens (including phenoxy) is 1. The highest BCUT2D eigenvalue weighted by atomic mass is 79.9. The summed E-state index contributed by atoms with van der Waals surface area (Å²) in [5, 5.41) is 0. The number of benzene rings is 1. The summed E-state index contributed by atoms with van der Waals surface area (Å²) in [6.45, 7) is 3.11. The summed E-state index contributed by atoms with van der Waals surface area (Å²) < 4.78 is 32.3. The number of esters is 1. The summed E-state index contributed by atoms with van der Waals surface area (Å²) in [4.78, 5) is 24.5. The third-order valence-electron chi connectivity index (χ3n) is 3.28. The van der Waals surface area contributed by atoms with Crippen LogP contribution in [0.2, 0.25) is 0 Å². The molecule has 0 amide bonds. The lowest BCUT2D eigenvalue weighted by Crippen LogP contribution is -2.45. The molecule has 1 aliphatic carbocycles. The minimum Gasteiger partial charge on any atom is -0.462 e. The summed E-state index contributed by atoms with van der Waals surface area (Å²) in [5.74, 6) is -2.03. The molecule has 20 heavy (non-hydrogen) atoms. The van der Waals surface area contributed by atoms with Gasteiger partial charge in [0, 0.05) is 16.5 Å². The molecule has 3 nitrogen and oxygen atoms in total. The number of Topliss-reactive ketones (excluding diaryl/α,β-unsaturated/α-hetero) is 1. The van der Waals surface area contributed by atoms with Gasteiger partial charge in [-0.25, -0.2) is 8.78 Å². The molecule has 1 aromatic rings. The molecule has 0 heterocycles. The Morgan fingerprint density at radius 1 is 1.40 bits per heavy atom. The van der Waals surface area contributed by atoms with Crippen molar-refractivity contribution in [2.24, 2.45) is 5.41 Å². The average molecular weight is 347 g/mol. The second-order valence-corrected chi connectivity index (χ2v) is 5.86. The summed E-state index contributed by atoms with van der Waals surface area (Å²) >= 11 is 3.17. The van der Waals surface area contributed by atoms with Crippen LogP contribution in [0.3, 0.4) is 0 Å². The molecule has 0 fully saturated rings. The van der Waals surface area contributed by atoms with Crippen LogP contribution in [0.4, 0.5) is 8.78 Å². The predicted octanol–water partition coefficient (Wildman–Crippen LogP) is 3.39. The van der Waals surface area contributed by atoms with Crippen LogP contribution in [-0.4, -0.2) is 24.3 Å². The highest BCUT2D eigenvalue weighted by Crippen LogP contribution is 2.45. The highest BCUT2D eigenvalue weighted by molar-refractivity contribution is 9.10. The summed E-state index contributed by atoms with van der Waals surface area (Å²) in [5.41, 5.74) is -1.84. The molecule has 1 atom stereocenters. The number of alkyl halides is 2. The van der Waals surface area contributed by atoms with E-state index in [1.54, 1.807) is 32.0 Å². The van der Waals surface area contributed by atoms with Gasteiger partial charge in [-0.15, -0.1) is 0 Å². The lowest BCUT2D eigenvalue weighted by molar-refractivity contribution is -0.164. The van der Waals surface area contributed by atoms with Crippen LogP contribution in [0.1, 0.15) is 29.8 Å². The number of halogens is 3. The van der Waals surface area contributed by atoms with E-state index >= 15 is 0 Å². The predicted molar refractivity (Wildman–Crippen MR) is 71.8 cm³/mol. The highest BCUT2D eigenvalue weighted by Gasteiger charge is 2.60. The quantitative estimate of drug-likeness (QED) is 0.622. The van der Waals surface area contributed by atoms with E-state index in [9.17, 15) is 18.4 Å². The molecule has 2 rings (SSSR count). The van der Waals surface area contributed by atoms with Crippen LogP contribution in [0.15, 0.2) is 22.7 Å². The van der Waals surface area contributed by atoms with Crippen molar-refractivity contribution in [1.82, 2.24) is 0 Å². The number of hydrogen-bond acceptors (Lipinski definition) is 3. The number of rotatable bonds is 3. The maximum absolute atomic E-state index is 13.5. The SMILES string of the molecule is CC(C)OC(=O)C1(C(F)F)Cc2cccc(Br)c2C1=O. The Hall–Kier alpha value is -1.30. The van der Waals surface area contributed by atoms with Gasteiger partial charge in [-0.2, -0.15) is 0 Å². The number of carbonyl (C=O) groups excluding carboxylic acids is 2.